The summed E-state index contributed by atoms with van der Waals surface area (Å²) in [5, 5.41) is 3.26. The van der Waals surface area contributed by atoms with E-state index in [1.807, 2.05) is 13.0 Å². The molecule has 1 saturated carbocycles. The maximum absolute atomic E-state index is 12.3. The first-order chi connectivity index (χ1) is 9.56. The third-order valence-electron chi connectivity index (χ3n) is 3.69. The van der Waals surface area contributed by atoms with Gasteiger partial charge in [-0.1, -0.05) is 19.9 Å². The lowest BCUT2D eigenvalue weighted by Gasteiger charge is -2.12. The second-order valence-corrected chi connectivity index (χ2v) is 7.13. The summed E-state index contributed by atoms with van der Waals surface area (Å²) in [7, 11) is -3.37. The van der Waals surface area contributed by atoms with Crippen LogP contribution in [0.1, 0.15) is 37.8 Å². The molecule has 0 atom stereocenters. The number of benzene rings is 1. The molecule has 0 heterocycles. The Kier molecular flexibility index (Phi) is 5.18. The monoisotopic (exact) mass is 296 g/mol. The lowest BCUT2D eigenvalue weighted by Crippen LogP contribution is -2.26. The first-order valence-corrected chi connectivity index (χ1v) is 8.87. The van der Waals surface area contributed by atoms with Gasteiger partial charge in [-0.3, -0.25) is 0 Å². The van der Waals surface area contributed by atoms with Crippen LogP contribution in [0.5, 0.6) is 0 Å². The highest BCUT2D eigenvalue weighted by molar-refractivity contribution is 7.89. The molecule has 0 saturated heterocycles. The highest BCUT2D eigenvalue weighted by Crippen LogP contribution is 2.28. The van der Waals surface area contributed by atoms with Gasteiger partial charge in [0.2, 0.25) is 10.0 Å². The molecule has 2 N–H and O–H groups in total. The van der Waals surface area contributed by atoms with Crippen LogP contribution in [0.4, 0.5) is 0 Å². The average Bonchev–Trinajstić information content (AvgIpc) is 3.27. The molecular formula is C15H24N2O2S. The minimum Gasteiger partial charge on any atom is -0.313 e. The van der Waals surface area contributed by atoms with Crippen molar-refractivity contribution in [3.63, 3.8) is 0 Å². The molecule has 1 aliphatic rings. The van der Waals surface area contributed by atoms with Crippen LogP contribution in [0.25, 0.3) is 0 Å². The number of aryl methyl sites for hydroxylation is 1. The van der Waals surface area contributed by atoms with Crippen molar-refractivity contribution < 1.29 is 8.42 Å². The largest absolute Gasteiger partial charge is 0.313 e. The Labute approximate surface area is 122 Å². The van der Waals surface area contributed by atoms with Crippen molar-refractivity contribution in [3.05, 3.63) is 29.3 Å². The molecule has 0 amide bonds. The fourth-order valence-electron chi connectivity index (χ4n) is 2.17. The molecular weight excluding hydrogens is 272 g/mol. The predicted octanol–water partition coefficient (Wildman–Crippen LogP) is 2.05. The Balaban J connectivity index is 2.17. The highest BCUT2D eigenvalue weighted by atomic mass is 32.2. The van der Waals surface area contributed by atoms with Crippen LogP contribution in [0.2, 0.25) is 0 Å². The summed E-state index contributed by atoms with van der Waals surface area (Å²) >= 11 is 0. The fourth-order valence-corrected chi connectivity index (χ4v) is 3.34. The molecule has 1 aliphatic carbocycles. The Morgan fingerprint density at radius 3 is 2.55 bits per heavy atom. The SMILES string of the molecule is CCNCc1cc(S(=O)(=O)NCC2CC2)ccc1CC. The topological polar surface area (TPSA) is 58.2 Å². The molecule has 1 aromatic carbocycles. The molecule has 1 aromatic rings. The average molecular weight is 296 g/mol. The Morgan fingerprint density at radius 1 is 1.20 bits per heavy atom. The zero-order valence-corrected chi connectivity index (χ0v) is 13.1. The third-order valence-corrected chi connectivity index (χ3v) is 5.11. The van der Waals surface area contributed by atoms with Crippen LogP contribution in [-0.2, 0) is 23.0 Å². The summed E-state index contributed by atoms with van der Waals surface area (Å²) in [6, 6.07) is 5.44. The van der Waals surface area contributed by atoms with Crippen molar-refractivity contribution in [2.45, 2.75) is 44.6 Å². The molecule has 1 fully saturated rings. The molecule has 20 heavy (non-hydrogen) atoms. The zero-order valence-electron chi connectivity index (χ0n) is 12.3. The minimum absolute atomic E-state index is 0.378. The second kappa shape index (κ2) is 6.70. The number of sulfonamides is 1. The van der Waals surface area contributed by atoms with E-state index in [9.17, 15) is 8.42 Å². The summed E-state index contributed by atoms with van der Waals surface area (Å²) in [5.74, 6) is 0.543. The standard InChI is InChI=1S/C15H24N2O2S/c1-3-13-7-8-15(9-14(13)11-16-4-2)20(18,19)17-10-12-5-6-12/h7-9,12,16-17H,3-6,10-11H2,1-2H3. The van der Waals surface area contributed by atoms with Crippen LogP contribution in [0, 0.1) is 5.92 Å². The number of nitrogens with one attached hydrogen (secondary N) is 2. The first kappa shape index (κ1) is 15.5. The van der Waals surface area contributed by atoms with Crippen molar-refractivity contribution in [1.82, 2.24) is 10.0 Å². The molecule has 0 aliphatic heterocycles. The normalized spacial score (nSPS) is 15.5. The van der Waals surface area contributed by atoms with E-state index in [2.05, 4.69) is 17.0 Å². The lowest BCUT2D eigenvalue weighted by molar-refractivity contribution is 0.577. The zero-order chi connectivity index (χ0) is 14.6. The summed E-state index contributed by atoms with van der Waals surface area (Å²) in [4.78, 5) is 0.378. The molecule has 0 radical (unpaired) electrons. The minimum atomic E-state index is -3.37. The summed E-state index contributed by atoms with van der Waals surface area (Å²) in [6.07, 6.45) is 3.20. The molecule has 0 aromatic heterocycles. The van der Waals surface area contributed by atoms with E-state index in [-0.39, 0.29) is 0 Å². The summed E-state index contributed by atoms with van der Waals surface area (Å²) in [6.45, 7) is 6.29. The van der Waals surface area contributed by atoms with Crippen molar-refractivity contribution in [3.8, 4) is 0 Å². The van der Waals surface area contributed by atoms with E-state index < -0.39 is 10.0 Å². The van der Waals surface area contributed by atoms with Crippen molar-refractivity contribution in [2.75, 3.05) is 13.1 Å². The van der Waals surface area contributed by atoms with Gasteiger partial charge in [0.15, 0.2) is 0 Å². The van der Waals surface area contributed by atoms with Crippen LogP contribution >= 0.6 is 0 Å². The van der Waals surface area contributed by atoms with E-state index in [4.69, 9.17) is 0 Å². The van der Waals surface area contributed by atoms with Crippen LogP contribution < -0.4 is 10.0 Å². The van der Waals surface area contributed by atoms with Crippen LogP contribution in [0.15, 0.2) is 23.1 Å². The molecule has 2 rings (SSSR count). The Bertz CT molecular complexity index is 551. The van der Waals surface area contributed by atoms with Gasteiger partial charge >= 0.3 is 0 Å². The lowest BCUT2D eigenvalue weighted by atomic mass is 10.1. The smallest absolute Gasteiger partial charge is 0.240 e. The van der Waals surface area contributed by atoms with Gasteiger partial charge in [-0.25, -0.2) is 13.1 Å². The van der Waals surface area contributed by atoms with Gasteiger partial charge in [0, 0.05) is 13.1 Å². The quantitative estimate of drug-likeness (QED) is 0.772. The molecule has 0 bridgehead atoms. The van der Waals surface area contributed by atoms with Crippen LogP contribution in [0.3, 0.4) is 0 Å². The maximum atomic E-state index is 12.3. The second-order valence-electron chi connectivity index (χ2n) is 5.36. The van der Waals surface area contributed by atoms with Gasteiger partial charge in [-0.15, -0.1) is 0 Å². The number of hydrogen-bond donors (Lipinski definition) is 2. The first-order valence-electron chi connectivity index (χ1n) is 7.39. The van der Waals surface area contributed by atoms with Crippen molar-refractivity contribution in [2.24, 2.45) is 5.92 Å². The number of rotatable bonds is 8. The Hall–Kier alpha value is -0.910. The van der Waals surface area contributed by atoms with E-state index in [1.165, 1.54) is 5.56 Å². The van der Waals surface area contributed by atoms with Crippen molar-refractivity contribution in [1.29, 1.82) is 0 Å². The molecule has 0 unspecified atom stereocenters. The van der Waals surface area contributed by atoms with Gasteiger partial charge < -0.3 is 5.32 Å². The summed E-state index contributed by atoms with van der Waals surface area (Å²) < 4.78 is 27.2. The van der Waals surface area contributed by atoms with Gasteiger partial charge in [0.1, 0.15) is 0 Å². The van der Waals surface area contributed by atoms with Gasteiger partial charge in [-0.05, 0) is 55.0 Å². The Morgan fingerprint density at radius 2 is 1.95 bits per heavy atom. The van der Waals surface area contributed by atoms with Gasteiger partial charge in [0.25, 0.3) is 0 Å². The van der Waals surface area contributed by atoms with E-state index in [1.54, 1.807) is 12.1 Å². The summed E-state index contributed by atoms with van der Waals surface area (Å²) in [5.41, 5.74) is 2.27. The molecule has 4 nitrogen and oxygen atoms in total. The molecule has 0 spiro atoms. The number of hydrogen-bond acceptors (Lipinski definition) is 3. The van der Waals surface area contributed by atoms with E-state index >= 15 is 0 Å². The fraction of sp³-hybridized carbons (Fsp3) is 0.600. The predicted molar refractivity (Wildman–Crippen MR) is 81.1 cm³/mol. The van der Waals surface area contributed by atoms with Crippen molar-refractivity contribution >= 4 is 10.0 Å². The van der Waals surface area contributed by atoms with Gasteiger partial charge in [0.05, 0.1) is 4.90 Å². The highest BCUT2D eigenvalue weighted by Gasteiger charge is 2.24. The van der Waals surface area contributed by atoms with E-state index in [0.717, 1.165) is 31.4 Å². The maximum Gasteiger partial charge on any atom is 0.240 e. The third kappa shape index (κ3) is 4.04. The molecule has 5 heteroatoms. The van der Waals surface area contributed by atoms with E-state index in [0.29, 0.717) is 23.9 Å². The van der Waals surface area contributed by atoms with Gasteiger partial charge in [-0.2, -0.15) is 0 Å². The molecule has 112 valence electrons. The van der Waals surface area contributed by atoms with Crippen LogP contribution in [-0.4, -0.2) is 21.5 Å².